The highest BCUT2D eigenvalue weighted by Gasteiger charge is 2.29. The number of fused-ring (bicyclic) bond motifs is 1. The molecule has 2 fully saturated rings. The molecular weight excluding hydrogens is 286 g/mol. The molecule has 0 amide bonds. The molecule has 1 saturated carbocycles. The summed E-state index contributed by atoms with van der Waals surface area (Å²) >= 11 is 0. The molecule has 122 valence electrons. The first-order valence-corrected chi connectivity index (χ1v) is 8.71. The molecule has 1 aliphatic carbocycles. The zero-order valence-electron chi connectivity index (χ0n) is 14.0. The van der Waals surface area contributed by atoms with Crippen molar-refractivity contribution >= 4 is 16.6 Å². The summed E-state index contributed by atoms with van der Waals surface area (Å²) in [4.78, 5) is 14.8. The summed E-state index contributed by atoms with van der Waals surface area (Å²) < 4.78 is 2.02. The van der Waals surface area contributed by atoms with Gasteiger partial charge < -0.3 is 15.2 Å². The van der Waals surface area contributed by atoms with Crippen LogP contribution in [0.3, 0.4) is 0 Å². The maximum atomic E-state index is 12.4. The van der Waals surface area contributed by atoms with Gasteiger partial charge in [-0.1, -0.05) is 6.07 Å². The van der Waals surface area contributed by atoms with Crippen molar-refractivity contribution in [2.45, 2.75) is 45.2 Å². The van der Waals surface area contributed by atoms with Crippen molar-refractivity contribution in [1.29, 1.82) is 0 Å². The summed E-state index contributed by atoms with van der Waals surface area (Å²) in [5, 5.41) is 1.17. The van der Waals surface area contributed by atoms with Crippen LogP contribution in [0.1, 0.15) is 37.8 Å². The zero-order chi connectivity index (χ0) is 16.1. The molecule has 1 aromatic carbocycles. The van der Waals surface area contributed by atoms with Crippen LogP contribution >= 0.6 is 0 Å². The Morgan fingerprint density at radius 1 is 1.17 bits per heavy atom. The molecule has 2 atom stereocenters. The molecule has 1 aromatic heterocycles. The minimum atomic E-state index is 0.134. The molecule has 4 nitrogen and oxygen atoms in total. The van der Waals surface area contributed by atoms with Gasteiger partial charge in [-0.3, -0.25) is 4.79 Å². The van der Waals surface area contributed by atoms with E-state index in [9.17, 15) is 4.79 Å². The number of pyridine rings is 1. The highest BCUT2D eigenvalue weighted by molar-refractivity contribution is 5.87. The van der Waals surface area contributed by atoms with E-state index >= 15 is 0 Å². The van der Waals surface area contributed by atoms with Crippen LogP contribution in [0, 0.1) is 12.8 Å². The predicted molar refractivity (Wildman–Crippen MR) is 95.2 cm³/mol. The number of hydrogen-bond acceptors (Lipinski definition) is 3. The van der Waals surface area contributed by atoms with Crippen molar-refractivity contribution in [1.82, 2.24) is 4.57 Å². The molecule has 2 N–H and O–H groups in total. The number of nitrogens with two attached hydrogens (primary N) is 1. The van der Waals surface area contributed by atoms with E-state index in [1.54, 1.807) is 6.07 Å². The van der Waals surface area contributed by atoms with Gasteiger partial charge in [0.2, 0.25) is 0 Å². The van der Waals surface area contributed by atoms with E-state index in [1.807, 2.05) is 10.6 Å². The maximum absolute atomic E-state index is 12.4. The predicted octanol–water partition coefficient (Wildman–Crippen LogP) is 2.82. The fourth-order valence-corrected chi connectivity index (χ4v) is 3.99. The summed E-state index contributed by atoms with van der Waals surface area (Å²) in [6.45, 7) is 6.34. The molecule has 4 heteroatoms. The van der Waals surface area contributed by atoms with Gasteiger partial charge in [0.1, 0.15) is 0 Å². The number of benzene rings is 1. The zero-order valence-corrected chi connectivity index (χ0v) is 14.0. The SMILES string of the molecule is Cc1c(N2CCC([C@H](C)N)C2)ccc2ccc(=O)n(C3CC3)c12. The monoisotopic (exact) mass is 311 g/mol. The van der Waals surface area contributed by atoms with Gasteiger partial charge in [0.25, 0.3) is 5.56 Å². The number of aromatic nitrogens is 1. The van der Waals surface area contributed by atoms with Crippen LogP contribution in [0.15, 0.2) is 29.1 Å². The van der Waals surface area contributed by atoms with Crippen LogP contribution in [0.4, 0.5) is 5.69 Å². The molecule has 2 aromatic rings. The van der Waals surface area contributed by atoms with Crippen LogP contribution in [0.25, 0.3) is 10.9 Å². The molecule has 2 aliphatic rings. The van der Waals surface area contributed by atoms with Gasteiger partial charge in [-0.2, -0.15) is 0 Å². The first-order valence-electron chi connectivity index (χ1n) is 8.71. The molecule has 23 heavy (non-hydrogen) atoms. The normalized spacial score (nSPS) is 22.7. The second kappa shape index (κ2) is 5.38. The van der Waals surface area contributed by atoms with E-state index in [0.29, 0.717) is 12.0 Å². The molecule has 1 saturated heterocycles. The van der Waals surface area contributed by atoms with Crippen molar-refractivity contribution in [2.75, 3.05) is 18.0 Å². The van der Waals surface area contributed by atoms with E-state index in [-0.39, 0.29) is 11.6 Å². The second-order valence-electron chi connectivity index (χ2n) is 7.27. The lowest BCUT2D eigenvalue weighted by molar-refractivity contribution is 0.488. The maximum Gasteiger partial charge on any atom is 0.251 e. The minimum Gasteiger partial charge on any atom is -0.371 e. The Bertz CT molecular complexity index is 804. The van der Waals surface area contributed by atoms with E-state index < -0.39 is 0 Å². The third-order valence-corrected chi connectivity index (χ3v) is 5.54. The van der Waals surface area contributed by atoms with Gasteiger partial charge in [-0.05, 0) is 62.1 Å². The van der Waals surface area contributed by atoms with Gasteiger partial charge >= 0.3 is 0 Å². The molecule has 1 unspecified atom stereocenters. The molecule has 0 spiro atoms. The number of nitrogens with zero attached hydrogens (tertiary/aromatic N) is 2. The van der Waals surface area contributed by atoms with Gasteiger partial charge in [0, 0.05) is 36.9 Å². The Labute approximate surface area is 136 Å². The van der Waals surface area contributed by atoms with Crippen LogP contribution < -0.4 is 16.2 Å². The number of hydrogen-bond donors (Lipinski definition) is 1. The summed E-state index contributed by atoms with van der Waals surface area (Å²) in [6.07, 6.45) is 3.40. The lowest BCUT2D eigenvalue weighted by Crippen LogP contribution is -2.30. The molecule has 0 bridgehead atoms. The van der Waals surface area contributed by atoms with Crippen LogP contribution in [-0.2, 0) is 0 Å². The number of anilines is 1. The fraction of sp³-hybridized carbons (Fsp3) is 0.526. The molecule has 0 radical (unpaired) electrons. The lowest BCUT2D eigenvalue weighted by atomic mass is 10.0. The van der Waals surface area contributed by atoms with Crippen molar-refractivity contribution < 1.29 is 0 Å². The van der Waals surface area contributed by atoms with E-state index in [1.165, 1.54) is 16.6 Å². The first kappa shape index (κ1) is 14.8. The van der Waals surface area contributed by atoms with Crippen molar-refractivity contribution in [3.8, 4) is 0 Å². The van der Waals surface area contributed by atoms with Gasteiger partial charge in [0.15, 0.2) is 0 Å². The van der Waals surface area contributed by atoms with E-state index in [4.69, 9.17) is 5.73 Å². The Kier molecular flexibility index (Phi) is 3.45. The summed E-state index contributed by atoms with van der Waals surface area (Å²) in [5.74, 6) is 0.562. The highest BCUT2D eigenvalue weighted by atomic mass is 16.1. The van der Waals surface area contributed by atoms with Crippen LogP contribution in [0.5, 0.6) is 0 Å². The highest BCUT2D eigenvalue weighted by Crippen LogP contribution is 2.38. The standard InChI is InChI=1S/C19H25N3O/c1-12-17(21-10-9-15(11-21)13(2)20)7-3-14-4-8-18(23)22(19(12)14)16-5-6-16/h3-4,7-8,13,15-16H,5-6,9-11,20H2,1-2H3/t13-,15?/m0/s1. The van der Waals surface area contributed by atoms with Gasteiger partial charge in [0.05, 0.1) is 5.52 Å². The number of aryl methyl sites for hydroxylation is 1. The molecule has 1 aliphatic heterocycles. The smallest absolute Gasteiger partial charge is 0.251 e. The second-order valence-corrected chi connectivity index (χ2v) is 7.27. The van der Waals surface area contributed by atoms with Crippen molar-refractivity contribution in [3.05, 3.63) is 40.2 Å². The van der Waals surface area contributed by atoms with Gasteiger partial charge in [-0.15, -0.1) is 0 Å². The number of rotatable bonds is 3. The molecule has 2 heterocycles. The lowest BCUT2D eigenvalue weighted by Gasteiger charge is -2.24. The quantitative estimate of drug-likeness (QED) is 0.948. The topological polar surface area (TPSA) is 51.3 Å². The summed E-state index contributed by atoms with van der Waals surface area (Å²) in [6, 6.07) is 8.68. The average Bonchev–Trinajstić information content (AvgIpc) is 3.23. The Balaban J connectivity index is 1.82. The Morgan fingerprint density at radius 3 is 2.57 bits per heavy atom. The van der Waals surface area contributed by atoms with Crippen molar-refractivity contribution in [3.63, 3.8) is 0 Å². The van der Waals surface area contributed by atoms with Crippen LogP contribution in [-0.4, -0.2) is 23.7 Å². The average molecular weight is 311 g/mol. The first-order chi connectivity index (χ1) is 11.1. The van der Waals surface area contributed by atoms with Crippen LogP contribution in [0.2, 0.25) is 0 Å². The van der Waals surface area contributed by atoms with Crippen molar-refractivity contribution in [2.24, 2.45) is 11.7 Å². The third kappa shape index (κ3) is 2.45. The van der Waals surface area contributed by atoms with Gasteiger partial charge in [-0.25, -0.2) is 0 Å². The summed E-state index contributed by atoms with van der Waals surface area (Å²) in [5.41, 5.74) is 9.85. The van der Waals surface area contributed by atoms with E-state index in [0.717, 1.165) is 37.9 Å². The largest absolute Gasteiger partial charge is 0.371 e. The Hall–Kier alpha value is -1.81. The van der Waals surface area contributed by atoms with E-state index in [2.05, 4.69) is 30.9 Å². The molecular formula is C19H25N3O. The summed E-state index contributed by atoms with van der Waals surface area (Å²) in [7, 11) is 0. The fourth-order valence-electron chi connectivity index (χ4n) is 3.99. The molecule has 4 rings (SSSR count). The Morgan fingerprint density at radius 2 is 1.91 bits per heavy atom. The minimum absolute atomic E-state index is 0.134. The third-order valence-electron chi connectivity index (χ3n) is 5.54.